The van der Waals surface area contributed by atoms with Crippen molar-refractivity contribution in [2.75, 3.05) is 19.8 Å². The lowest BCUT2D eigenvalue weighted by Gasteiger charge is -2.18. The molecule has 0 unspecified atom stereocenters. The average molecular weight is 380 g/mol. The predicted molar refractivity (Wildman–Crippen MR) is 102 cm³/mol. The monoisotopic (exact) mass is 380 g/mol. The van der Waals surface area contributed by atoms with Gasteiger partial charge in [0.25, 0.3) is 5.91 Å². The molecule has 0 aliphatic carbocycles. The second kappa shape index (κ2) is 8.04. The Labute approximate surface area is 162 Å². The van der Waals surface area contributed by atoms with Gasteiger partial charge in [-0.3, -0.25) is 4.79 Å². The van der Waals surface area contributed by atoms with Gasteiger partial charge >= 0.3 is 0 Å². The first-order valence-electron chi connectivity index (χ1n) is 9.09. The Morgan fingerprint density at radius 1 is 1.07 bits per heavy atom. The second-order valence-electron chi connectivity index (χ2n) is 6.18. The van der Waals surface area contributed by atoms with E-state index in [1.807, 2.05) is 25.1 Å². The van der Waals surface area contributed by atoms with Crippen LogP contribution in [0, 0.1) is 0 Å². The minimum absolute atomic E-state index is 0.188. The van der Waals surface area contributed by atoms with Crippen molar-refractivity contribution in [1.82, 2.24) is 10.5 Å². The van der Waals surface area contributed by atoms with Crippen molar-refractivity contribution >= 4 is 5.91 Å². The highest BCUT2D eigenvalue weighted by atomic mass is 16.6. The van der Waals surface area contributed by atoms with Crippen LogP contribution in [-0.4, -0.2) is 30.9 Å². The van der Waals surface area contributed by atoms with Gasteiger partial charge in [0, 0.05) is 17.2 Å². The van der Waals surface area contributed by atoms with Gasteiger partial charge in [0.2, 0.25) is 0 Å². The topological polar surface area (TPSA) is 82.8 Å². The van der Waals surface area contributed by atoms with Crippen LogP contribution in [0.4, 0.5) is 0 Å². The normalized spacial score (nSPS) is 12.5. The molecule has 0 bridgehead atoms. The maximum atomic E-state index is 12.3. The van der Waals surface area contributed by atoms with Crippen LogP contribution in [0.5, 0.6) is 17.2 Å². The molecular formula is C21H20N2O5. The molecule has 2 aromatic carbocycles. The molecule has 0 fully saturated rings. The Morgan fingerprint density at radius 3 is 2.64 bits per heavy atom. The number of hydrogen-bond acceptors (Lipinski definition) is 6. The number of benzene rings is 2. The number of ether oxygens (including phenoxy) is 3. The maximum absolute atomic E-state index is 12.3. The number of rotatable bonds is 6. The summed E-state index contributed by atoms with van der Waals surface area (Å²) < 4.78 is 21.9. The number of nitrogens with one attached hydrogen (secondary N) is 1. The highest BCUT2D eigenvalue weighted by Gasteiger charge is 2.15. The fraction of sp³-hybridized carbons (Fsp3) is 0.238. The number of fused-ring (bicyclic) bond motifs is 1. The summed E-state index contributed by atoms with van der Waals surface area (Å²) >= 11 is 0. The third-order valence-electron chi connectivity index (χ3n) is 4.24. The van der Waals surface area contributed by atoms with Crippen LogP contribution in [0.25, 0.3) is 11.3 Å². The smallest absolute Gasteiger partial charge is 0.251 e. The molecule has 3 aromatic rings. The van der Waals surface area contributed by atoms with E-state index in [1.165, 1.54) is 0 Å². The lowest BCUT2D eigenvalue weighted by molar-refractivity contribution is 0.0950. The van der Waals surface area contributed by atoms with Crippen molar-refractivity contribution in [1.29, 1.82) is 0 Å². The van der Waals surface area contributed by atoms with E-state index >= 15 is 0 Å². The van der Waals surface area contributed by atoms with E-state index in [2.05, 4.69) is 10.5 Å². The lowest BCUT2D eigenvalue weighted by Crippen LogP contribution is -2.22. The van der Waals surface area contributed by atoms with Gasteiger partial charge < -0.3 is 24.1 Å². The van der Waals surface area contributed by atoms with Crippen molar-refractivity contribution in [2.24, 2.45) is 0 Å². The van der Waals surface area contributed by atoms with Gasteiger partial charge in [-0.2, -0.15) is 0 Å². The molecule has 1 aliphatic rings. The van der Waals surface area contributed by atoms with Crippen molar-refractivity contribution in [3.05, 3.63) is 59.8 Å². The van der Waals surface area contributed by atoms with Gasteiger partial charge in [-0.1, -0.05) is 5.16 Å². The molecule has 0 atom stereocenters. The van der Waals surface area contributed by atoms with Crippen molar-refractivity contribution in [2.45, 2.75) is 13.5 Å². The SMILES string of the molecule is CCOc1ccc(C(=O)NCc2cc(-c3ccc4c(c3)OCCO4)on2)cc1. The quantitative estimate of drug-likeness (QED) is 0.705. The summed E-state index contributed by atoms with van der Waals surface area (Å²) in [6, 6.07) is 14.4. The van der Waals surface area contributed by atoms with Crippen LogP contribution in [0.1, 0.15) is 23.0 Å². The summed E-state index contributed by atoms with van der Waals surface area (Å²) in [5.74, 6) is 2.55. The van der Waals surface area contributed by atoms with E-state index in [-0.39, 0.29) is 12.5 Å². The highest BCUT2D eigenvalue weighted by molar-refractivity contribution is 5.94. The van der Waals surface area contributed by atoms with Gasteiger partial charge in [-0.15, -0.1) is 0 Å². The highest BCUT2D eigenvalue weighted by Crippen LogP contribution is 2.34. The first-order valence-corrected chi connectivity index (χ1v) is 9.09. The number of carbonyl (C=O) groups is 1. The van der Waals surface area contributed by atoms with E-state index in [4.69, 9.17) is 18.7 Å². The molecule has 4 rings (SSSR count). The van der Waals surface area contributed by atoms with Gasteiger partial charge in [-0.05, 0) is 49.4 Å². The summed E-state index contributed by atoms with van der Waals surface area (Å²) in [6.45, 7) is 3.84. The third-order valence-corrected chi connectivity index (χ3v) is 4.24. The van der Waals surface area contributed by atoms with Crippen LogP contribution in [-0.2, 0) is 6.54 Å². The van der Waals surface area contributed by atoms with E-state index in [0.29, 0.717) is 42.6 Å². The molecule has 1 aromatic heterocycles. The van der Waals surface area contributed by atoms with Gasteiger partial charge in [0.1, 0.15) is 24.7 Å². The zero-order chi connectivity index (χ0) is 19.3. The van der Waals surface area contributed by atoms with Gasteiger partial charge in [0.15, 0.2) is 17.3 Å². The van der Waals surface area contributed by atoms with E-state index in [1.54, 1.807) is 30.3 Å². The molecule has 1 amide bonds. The largest absolute Gasteiger partial charge is 0.494 e. The molecule has 0 spiro atoms. The Kier molecular flexibility index (Phi) is 5.14. The molecule has 2 heterocycles. The molecule has 144 valence electrons. The molecule has 7 nitrogen and oxygen atoms in total. The summed E-state index contributed by atoms with van der Waals surface area (Å²) in [5, 5.41) is 6.86. The summed E-state index contributed by atoms with van der Waals surface area (Å²) in [7, 11) is 0. The predicted octanol–water partition coefficient (Wildman–Crippen LogP) is 3.44. The standard InChI is InChI=1S/C21H20N2O5/c1-2-25-17-6-3-14(4-7-17)21(24)22-13-16-12-19(28-23-16)15-5-8-18-20(11-15)27-10-9-26-18/h3-8,11-12H,2,9-10,13H2,1H3,(H,22,24). The Hall–Kier alpha value is -3.48. The fourth-order valence-electron chi connectivity index (χ4n) is 2.87. The fourth-order valence-corrected chi connectivity index (χ4v) is 2.87. The summed E-state index contributed by atoms with van der Waals surface area (Å²) in [5.41, 5.74) is 2.02. The zero-order valence-corrected chi connectivity index (χ0v) is 15.4. The third kappa shape index (κ3) is 3.93. The number of nitrogens with zero attached hydrogens (tertiary/aromatic N) is 1. The number of carbonyl (C=O) groups excluding carboxylic acids is 1. The molecule has 0 radical (unpaired) electrons. The Balaban J connectivity index is 1.39. The molecular weight excluding hydrogens is 360 g/mol. The first kappa shape index (κ1) is 17.9. The molecule has 1 N–H and O–H groups in total. The lowest BCUT2D eigenvalue weighted by atomic mass is 10.1. The summed E-state index contributed by atoms with van der Waals surface area (Å²) in [4.78, 5) is 12.3. The Bertz CT molecular complexity index is 965. The number of amides is 1. The summed E-state index contributed by atoms with van der Waals surface area (Å²) in [6.07, 6.45) is 0. The molecule has 0 saturated heterocycles. The van der Waals surface area contributed by atoms with Crippen LogP contribution in [0.3, 0.4) is 0 Å². The minimum atomic E-state index is -0.188. The molecule has 0 saturated carbocycles. The number of aromatic nitrogens is 1. The van der Waals surface area contributed by atoms with Gasteiger partial charge in [-0.25, -0.2) is 0 Å². The molecule has 1 aliphatic heterocycles. The number of hydrogen-bond donors (Lipinski definition) is 1. The van der Waals surface area contributed by atoms with Crippen molar-refractivity contribution < 1.29 is 23.5 Å². The van der Waals surface area contributed by atoms with Crippen LogP contribution in [0.15, 0.2) is 53.1 Å². The molecule has 7 heteroatoms. The minimum Gasteiger partial charge on any atom is -0.494 e. The van der Waals surface area contributed by atoms with E-state index in [9.17, 15) is 4.79 Å². The zero-order valence-electron chi connectivity index (χ0n) is 15.4. The van der Waals surface area contributed by atoms with Crippen molar-refractivity contribution in [3.8, 4) is 28.6 Å². The van der Waals surface area contributed by atoms with Crippen LogP contribution >= 0.6 is 0 Å². The van der Waals surface area contributed by atoms with Gasteiger partial charge in [0.05, 0.1) is 13.2 Å². The second-order valence-corrected chi connectivity index (χ2v) is 6.18. The van der Waals surface area contributed by atoms with Crippen LogP contribution in [0.2, 0.25) is 0 Å². The molecule has 28 heavy (non-hydrogen) atoms. The van der Waals surface area contributed by atoms with E-state index < -0.39 is 0 Å². The Morgan fingerprint density at radius 2 is 1.86 bits per heavy atom. The van der Waals surface area contributed by atoms with Crippen LogP contribution < -0.4 is 19.5 Å². The maximum Gasteiger partial charge on any atom is 0.251 e. The van der Waals surface area contributed by atoms with Crippen molar-refractivity contribution in [3.63, 3.8) is 0 Å². The first-order chi connectivity index (χ1) is 13.7. The van der Waals surface area contributed by atoms with E-state index in [0.717, 1.165) is 17.1 Å². The average Bonchev–Trinajstić information content (AvgIpc) is 3.21.